The molecule has 0 atom stereocenters. The van der Waals surface area contributed by atoms with Crippen LogP contribution in [0.3, 0.4) is 0 Å². The summed E-state index contributed by atoms with van der Waals surface area (Å²) in [5.41, 5.74) is 3.04. The summed E-state index contributed by atoms with van der Waals surface area (Å²) in [4.78, 5) is 13.4. The highest BCUT2D eigenvalue weighted by molar-refractivity contribution is 5.92. The second-order valence-electron chi connectivity index (χ2n) is 2.87. The molecule has 3 nitrogen and oxygen atoms in total. The van der Waals surface area contributed by atoms with Crippen molar-refractivity contribution in [2.45, 2.75) is 12.1 Å². The van der Waals surface area contributed by atoms with E-state index in [4.69, 9.17) is 5.73 Å². The number of halogens is 5. The fraction of sp³-hybridized carbons (Fsp3) is 0.250. The lowest BCUT2D eigenvalue weighted by Gasteiger charge is -2.18. The number of nitrogens with zero attached hydrogens (tertiary/aromatic N) is 1. The lowest BCUT2D eigenvalue weighted by atomic mass is 10.1. The van der Waals surface area contributed by atoms with Crippen molar-refractivity contribution in [2.75, 3.05) is 0 Å². The van der Waals surface area contributed by atoms with E-state index < -0.39 is 23.7 Å². The number of carbonyl (C=O) groups excluding carboxylic acids is 1. The first-order chi connectivity index (χ1) is 7.16. The molecule has 1 aromatic heterocycles. The SMILES string of the molecule is NC(=O)c1ccc(C(F)(F)C(F)(F)F)nc1. The van der Waals surface area contributed by atoms with Crippen molar-refractivity contribution in [3.63, 3.8) is 0 Å². The predicted octanol–water partition coefficient (Wildman–Crippen LogP) is 1.83. The van der Waals surface area contributed by atoms with Gasteiger partial charge in [-0.25, -0.2) is 0 Å². The molecular formula is C8H5F5N2O. The first kappa shape index (κ1) is 12.3. The molecule has 0 saturated carbocycles. The van der Waals surface area contributed by atoms with Gasteiger partial charge in [0.05, 0.1) is 5.56 Å². The number of hydrogen-bond donors (Lipinski definition) is 1. The third-order valence-electron chi connectivity index (χ3n) is 1.73. The largest absolute Gasteiger partial charge is 0.459 e. The number of amides is 1. The Morgan fingerprint density at radius 1 is 1.19 bits per heavy atom. The van der Waals surface area contributed by atoms with Crippen molar-refractivity contribution in [3.05, 3.63) is 29.6 Å². The highest BCUT2D eigenvalue weighted by Gasteiger charge is 2.59. The molecule has 1 aromatic rings. The standard InChI is InChI=1S/C8H5F5N2O/c9-7(10,8(11,12)13)5-2-1-4(3-15-5)6(14)16/h1-3H,(H2,14,16). The Morgan fingerprint density at radius 3 is 2.06 bits per heavy atom. The lowest BCUT2D eigenvalue weighted by Crippen LogP contribution is -2.34. The van der Waals surface area contributed by atoms with E-state index in [1.54, 1.807) is 0 Å². The van der Waals surface area contributed by atoms with Crippen LogP contribution in [0.1, 0.15) is 16.1 Å². The number of rotatable bonds is 2. The minimum Gasteiger partial charge on any atom is -0.366 e. The van der Waals surface area contributed by atoms with Crippen molar-refractivity contribution in [2.24, 2.45) is 5.73 Å². The predicted molar refractivity (Wildman–Crippen MR) is 42.7 cm³/mol. The van der Waals surface area contributed by atoms with Crippen molar-refractivity contribution in [3.8, 4) is 0 Å². The summed E-state index contributed by atoms with van der Waals surface area (Å²) in [6, 6.07) is 1.16. The van der Waals surface area contributed by atoms with Crippen LogP contribution in [0.2, 0.25) is 0 Å². The molecule has 0 aliphatic rings. The number of pyridine rings is 1. The van der Waals surface area contributed by atoms with Gasteiger partial charge >= 0.3 is 12.1 Å². The first-order valence-electron chi connectivity index (χ1n) is 3.87. The number of primary amides is 1. The summed E-state index contributed by atoms with van der Waals surface area (Å²) >= 11 is 0. The van der Waals surface area contributed by atoms with E-state index in [0.717, 1.165) is 6.07 Å². The maximum absolute atomic E-state index is 12.7. The number of nitrogens with two attached hydrogens (primary N) is 1. The Hall–Kier alpha value is -1.73. The summed E-state index contributed by atoms with van der Waals surface area (Å²) in [5.74, 6) is -6.02. The van der Waals surface area contributed by atoms with E-state index in [0.29, 0.717) is 12.3 Å². The molecule has 1 heterocycles. The molecule has 16 heavy (non-hydrogen) atoms. The van der Waals surface area contributed by atoms with Gasteiger partial charge in [0.2, 0.25) is 5.91 Å². The van der Waals surface area contributed by atoms with Gasteiger partial charge in [-0.2, -0.15) is 22.0 Å². The van der Waals surface area contributed by atoms with Crippen LogP contribution in [0.4, 0.5) is 22.0 Å². The zero-order valence-corrected chi connectivity index (χ0v) is 7.55. The van der Waals surface area contributed by atoms with Crippen molar-refractivity contribution >= 4 is 5.91 Å². The topological polar surface area (TPSA) is 56.0 Å². The summed E-state index contributed by atoms with van der Waals surface area (Å²) in [5, 5.41) is 0. The molecule has 0 aliphatic carbocycles. The Kier molecular flexibility index (Phi) is 2.85. The van der Waals surface area contributed by atoms with Crippen LogP contribution in [0.15, 0.2) is 18.3 Å². The van der Waals surface area contributed by atoms with Crippen LogP contribution < -0.4 is 5.73 Å². The third-order valence-corrected chi connectivity index (χ3v) is 1.73. The minimum absolute atomic E-state index is 0.248. The van der Waals surface area contributed by atoms with Crippen LogP contribution in [0.5, 0.6) is 0 Å². The first-order valence-corrected chi connectivity index (χ1v) is 3.87. The number of carbonyl (C=O) groups is 1. The van der Waals surface area contributed by atoms with Gasteiger partial charge in [-0.3, -0.25) is 9.78 Å². The molecule has 1 amide bonds. The van der Waals surface area contributed by atoms with E-state index in [-0.39, 0.29) is 5.56 Å². The number of alkyl halides is 5. The van der Waals surface area contributed by atoms with Crippen LogP contribution >= 0.6 is 0 Å². The summed E-state index contributed by atoms with van der Waals surface area (Å²) in [6.07, 6.45) is -5.16. The van der Waals surface area contributed by atoms with E-state index in [2.05, 4.69) is 4.98 Å². The van der Waals surface area contributed by atoms with Gasteiger partial charge < -0.3 is 5.73 Å². The number of hydrogen-bond acceptors (Lipinski definition) is 2. The molecule has 0 fully saturated rings. The van der Waals surface area contributed by atoms with Gasteiger partial charge in [0.25, 0.3) is 0 Å². The molecule has 0 unspecified atom stereocenters. The average Bonchev–Trinajstić information content (AvgIpc) is 2.16. The van der Waals surface area contributed by atoms with E-state index in [9.17, 15) is 26.7 Å². The Labute approximate surface area is 86.1 Å². The van der Waals surface area contributed by atoms with Crippen molar-refractivity contribution < 1.29 is 26.7 Å². The molecule has 2 N–H and O–H groups in total. The van der Waals surface area contributed by atoms with Crippen LogP contribution in [0, 0.1) is 0 Å². The highest BCUT2D eigenvalue weighted by Crippen LogP contribution is 2.42. The second-order valence-corrected chi connectivity index (χ2v) is 2.87. The van der Waals surface area contributed by atoms with Crippen molar-refractivity contribution in [1.29, 1.82) is 0 Å². The molecular weight excluding hydrogens is 235 g/mol. The zero-order chi connectivity index (χ0) is 12.6. The molecule has 0 saturated heterocycles. The smallest absolute Gasteiger partial charge is 0.366 e. The van der Waals surface area contributed by atoms with Gasteiger partial charge in [-0.15, -0.1) is 0 Å². The third kappa shape index (κ3) is 2.10. The Morgan fingerprint density at radius 2 is 1.75 bits per heavy atom. The van der Waals surface area contributed by atoms with Crippen LogP contribution in [0.25, 0.3) is 0 Å². The fourth-order valence-electron chi connectivity index (χ4n) is 0.871. The van der Waals surface area contributed by atoms with Crippen molar-refractivity contribution in [1.82, 2.24) is 4.98 Å². The van der Waals surface area contributed by atoms with Gasteiger partial charge in [0.1, 0.15) is 5.69 Å². The van der Waals surface area contributed by atoms with Crippen LogP contribution in [-0.2, 0) is 5.92 Å². The highest BCUT2D eigenvalue weighted by atomic mass is 19.4. The van der Waals surface area contributed by atoms with Gasteiger partial charge in [-0.1, -0.05) is 0 Å². The maximum Gasteiger partial charge on any atom is 0.459 e. The Balaban J connectivity index is 3.11. The Bertz CT molecular complexity index is 398. The lowest BCUT2D eigenvalue weighted by molar-refractivity contribution is -0.290. The van der Waals surface area contributed by atoms with E-state index in [1.165, 1.54) is 0 Å². The maximum atomic E-state index is 12.7. The van der Waals surface area contributed by atoms with E-state index in [1.807, 2.05) is 0 Å². The fourth-order valence-corrected chi connectivity index (χ4v) is 0.871. The molecule has 0 aliphatic heterocycles. The normalized spacial score (nSPS) is 12.6. The van der Waals surface area contributed by atoms with Gasteiger partial charge in [0, 0.05) is 6.20 Å². The summed E-state index contributed by atoms with van der Waals surface area (Å²) in [7, 11) is 0. The van der Waals surface area contributed by atoms with Gasteiger partial charge in [0.15, 0.2) is 0 Å². The van der Waals surface area contributed by atoms with Crippen LogP contribution in [-0.4, -0.2) is 17.1 Å². The van der Waals surface area contributed by atoms with Gasteiger partial charge in [-0.05, 0) is 12.1 Å². The summed E-state index contributed by atoms with van der Waals surface area (Å²) in [6.45, 7) is 0. The molecule has 0 aromatic carbocycles. The number of aromatic nitrogens is 1. The molecule has 0 spiro atoms. The average molecular weight is 240 g/mol. The quantitative estimate of drug-likeness (QED) is 0.802. The zero-order valence-electron chi connectivity index (χ0n) is 7.55. The summed E-state index contributed by atoms with van der Waals surface area (Å²) < 4.78 is 61.1. The molecule has 8 heteroatoms. The van der Waals surface area contributed by atoms with E-state index >= 15 is 0 Å². The molecule has 0 radical (unpaired) electrons. The minimum atomic E-state index is -5.73. The monoisotopic (exact) mass is 240 g/mol. The molecule has 0 bridgehead atoms. The second kappa shape index (κ2) is 3.69. The molecule has 88 valence electrons. The molecule has 1 rings (SSSR count).